The second-order valence-corrected chi connectivity index (χ2v) is 3.83. The van der Waals surface area contributed by atoms with Gasteiger partial charge in [0.25, 0.3) is 0 Å². The van der Waals surface area contributed by atoms with Crippen LogP contribution in [0.5, 0.6) is 5.75 Å². The number of phenolic OH excluding ortho intramolecular Hbond substituents is 1. The summed E-state index contributed by atoms with van der Waals surface area (Å²) in [5.74, 6) is -0.386. The Balaban J connectivity index is 2.63. The number of furan rings is 1. The lowest BCUT2D eigenvalue weighted by atomic mass is 10.1. The Labute approximate surface area is 106 Å². The highest BCUT2D eigenvalue weighted by Crippen LogP contribution is 2.39. The van der Waals surface area contributed by atoms with Crippen molar-refractivity contribution in [1.29, 1.82) is 0 Å². The first-order valence-electron chi connectivity index (χ1n) is 4.75. The van der Waals surface area contributed by atoms with Gasteiger partial charge in [-0.15, -0.1) is 0 Å². The van der Waals surface area contributed by atoms with Gasteiger partial charge in [0, 0.05) is 11.1 Å². The summed E-state index contributed by atoms with van der Waals surface area (Å²) < 4.78 is 5.08. The molecule has 6 nitrogen and oxygen atoms in total. The minimum Gasteiger partial charge on any atom is -0.502 e. The summed E-state index contributed by atoms with van der Waals surface area (Å²) in [5, 5.41) is 20.6. The number of hydrogen-bond acceptors (Lipinski definition) is 5. The second-order valence-electron chi connectivity index (χ2n) is 3.40. The minimum atomic E-state index is -0.756. The van der Waals surface area contributed by atoms with Crippen molar-refractivity contribution >= 4 is 23.6 Å². The fraction of sp³-hybridized carbons (Fsp3) is 0. The van der Waals surface area contributed by atoms with E-state index >= 15 is 0 Å². The van der Waals surface area contributed by atoms with Crippen LogP contribution in [0, 0.1) is 10.1 Å². The fourth-order valence-electron chi connectivity index (χ4n) is 1.47. The smallest absolute Gasteiger partial charge is 0.312 e. The zero-order valence-electron chi connectivity index (χ0n) is 8.79. The number of carbonyl (C=O) groups is 1. The van der Waals surface area contributed by atoms with E-state index in [4.69, 9.17) is 16.0 Å². The number of phenols is 1. The van der Waals surface area contributed by atoms with Crippen molar-refractivity contribution in [3.8, 4) is 17.1 Å². The van der Waals surface area contributed by atoms with Gasteiger partial charge in [-0.25, -0.2) is 0 Å². The number of nitro groups is 1. The molecule has 0 aliphatic carbocycles. The summed E-state index contributed by atoms with van der Waals surface area (Å²) >= 11 is 5.73. The number of hydrogen-bond donors (Lipinski definition) is 1. The molecule has 18 heavy (non-hydrogen) atoms. The van der Waals surface area contributed by atoms with Crippen molar-refractivity contribution in [3.63, 3.8) is 0 Å². The maximum absolute atomic E-state index is 10.7. The van der Waals surface area contributed by atoms with Gasteiger partial charge < -0.3 is 9.52 Å². The first-order valence-corrected chi connectivity index (χ1v) is 5.13. The maximum atomic E-state index is 10.7. The quantitative estimate of drug-likeness (QED) is 0.524. The number of aldehydes is 1. The molecule has 2 aromatic rings. The van der Waals surface area contributed by atoms with Gasteiger partial charge in [0.05, 0.1) is 10.5 Å². The minimum absolute atomic E-state index is 0.0482. The molecule has 1 aromatic heterocycles. The maximum Gasteiger partial charge on any atom is 0.312 e. The highest BCUT2D eigenvalue weighted by atomic mass is 35.5. The number of carbonyl (C=O) groups excluding carboxylic acids is 1. The van der Waals surface area contributed by atoms with Crippen LogP contribution < -0.4 is 0 Å². The van der Waals surface area contributed by atoms with Gasteiger partial charge in [-0.3, -0.25) is 14.9 Å². The van der Waals surface area contributed by atoms with Crippen molar-refractivity contribution < 1.29 is 19.2 Å². The molecule has 2 rings (SSSR count). The Kier molecular flexibility index (Phi) is 3.03. The molecule has 0 saturated carbocycles. The van der Waals surface area contributed by atoms with Gasteiger partial charge in [0.1, 0.15) is 5.76 Å². The van der Waals surface area contributed by atoms with E-state index in [1.807, 2.05) is 0 Å². The van der Waals surface area contributed by atoms with E-state index < -0.39 is 16.4 Å². The van der Waals surface area contributed by atoms with E-state index in [0.717, 1.165) is 6.07 Å². The van der Waals surface area contributed by atoms with E-state index in [1.165, 1.54) is 18.2 Å². The first kappa shape index (κ1) is 12.1. The third-order valence-electron chi connectivity index (χ3n) is 2.26. The van der Waals surface area contributed by atoms with Crippen LogP contribution >= 0.6 is 11.6 Å². The van der Waals surface area contributed by atoms with E-state index in [9.17, 15) is 20.0 Å². The average Bonchev–Trinajstić information content (AvgIpc) is 2.79. The van der Waals surface area contributed by atoms with Crippen molar-refractivity contribution in [2.45, 2.75) is 0 Å². The highest BCUT2D eigenvalue weighted by Gasteiger charge is 2.21. The Hall–Kier alpha value is -2.34. The van der Waals surface area contributed by atoms with E-state index in [0.29, 0.717) is 6.29 Å². The summed E-state index contributed by atoms with van der Waals surface area (Å²) in [7, 11) is 0. The number of aromatic hydroxyl groups is 1. The number of nitro benzene ring substituents is 1. The Bertz CT molecular complexity index is 634. The van der Waals surface area contributed by atoms with Crippen molar-refractivity contribution in [2.24, 2.45) is 0 Å². The normalized spacial score (nSPS) is 10.3. The molecule has 0 radical (unpaired) electrons. The van der Waals surface area contributed by atoms with Gasteiger partial charge in [-0.1, -0.05) is 11.6 Å². The molecule has 0 aliphatic rings. The molecule has 0 bridgehead atoms. The van der Waals surface area contributed by atoms with Gasteiger partial charge in [0.15, 0.2) is 12.0 Å². The molecule has 7 heteroatoms. The van der Waals surface area contributed by atoms with Crippen LogP contribution in [-0.4, -0.2) is 16.3 Å². The second kappa shape index (κ2) is 4.50. The number of benzene rings is 1. The van der Waals surface area contributed by atoms with Crippen LogP contribution in [-0.2, 0) is 0 Å². The van der Waals surface area contributed by atoms with Gasteiger partial charge in [-0.2, -0.15) is 0 Å². The molecule has 0 amide bonds. The standard InChI is InChI=1S/C11H6ClNO5/c12-6-3-8(10-2-1-7(5-14)18-10)11(15)9(4-6)13(16)17/h1-5,15H. The number of halogens is 1. The molecule has 0 atom stereocenters. The molecular formula is C11H6ClNO5. The molecule has 0 aliphatic heterocycles. The fourth-order valence-corrected chi connectivity index (χ4v) is 1.69. The number of nitrogens with zero attached hydrogens (tertiary/aromatic N) is 1. The van der Waals surface area contributed by atoms with Crippen molar-refractivity contribution in [1.82, 2.24) is 0 Å². The van der Waals surface area contributed by atoms with Crippen LogP contribution in [0.3, 0.4) is 0 Å². The predicted molar refractivity (Wildman–Crippen MR) is 62.9 cm³/mol. The largest absolute Gasteiger partial charge is 0.502 e. The third kappa shape index (κ3) is 2.05. The molecule has 1 N–H and O–H groups in total. The van der Waals surface area contributed by atoms with E-state index in [1.54, 1.807) is 0 Å². The molecular weight excluding hydrogens is 262 g/mol. The van der Waals surface area contributed by atoms with Gasteiger partial charge in [-0.05, 0) is 18.2 Å². The Morgan fingerprint density at radius 1 is 1.39 bits per heavy atom. The molecule has 0 spiro atoms. The SMILES string of the molecule is O=Cc1ccc(-c2cc(Cl)cc([N+](=O)[O-])c2O)o1. The van der Waals surface area contributed by atoms with Crippen LogP contribution in [0.2, 0.25) is 5.02 Å². The summed E-state index contributed by atoms with van der Waals surface area (Å²) in [6.45, 7) is 0. The van der Waals surface area contributed by atoms with E-state index in [2.05, 4.69) is 0 Å². The molecule has 0 saturated heterocycles. The van der Waals surface area contributed by atoms with Crippen molar-refractivity contribution in [3.05, 3.63) is 45.2 Å². The third-order valence-corrected chi connectivity index (χ3v) is 2.48. The molecule has 1 heterocycles. The topological polar surface area (TPSA) is 93.6 Å². The predicted octanol–water partition coefficient (Wildman–Crippen LogP) is 3.03. The van der Waals surface area contributed by atoms with Crippen LogP contribution in [0.4, 0.5) is 5.69 Å². The monoisotopic (exact) mass is 267 g/mol. The lowest BCUT2D eigenvalue weighted by molar-refractivity contribution is -0.385. The van der Waals surface area contributed by atoms with Crippen LogP contribution in [0.1, 0.15) is 10.6 Å². The molecule has 0 fully saturated rings. The summed E-state index contributed by atoms with van der Waals surface area (Å²) in [4.78, 5) is 20.5. The molecule has 0 unspecified atom stereocenters. The zero-order chi connectivity index (χ0) is 13.3. The molecule has 1 aromatic carbocycles. The zero-order valence-corrected chi connectivity index (χ0v) is 9.55. The van der Waals surface area contributed by atoms with Gasteiger partial charge >= 0.3 is 5.69 Å². The van der Waals surface area contributed by atoms with Crippen LogP contribution in [0.15, 0.2) is 28.7 Å². The van der Waals surface area contributed by atoms with Crippen LogP contribution in [0.25, 0.3) is 11.3 Å². The highest BCUT2D eigenvalue weighted by molar-refractivity contribution is 6.31. The average molecular weight is 268 g/mol. The number of rotatable bonds is 3. The van der Waals surface area contributed by atoms with E-state index in [-0.39, 0.29) is 22.1 Å². The van der Waals surface area contributed by atoms with Crippen molar-refractivity contribution in [2.75, 3.05) is 0 Å². The lowest BCUT2D eigenvalue weighted by Crippen LogP contribution is -1.90. The van der Waals surface area contributed by atoms with Gasteiger partial charge in [0.2, 0.25) is 5.75 Å². The Morgan fingerprint density at radius 2 is 2.11 bits per heavy atom. The summed E-state index contributed by atoms with van der Waals surface area (Å²) in [6.07, 6.45) is 0.486. The lowest BCUT2D eigenvalue weighted by Gasteiger charge is -2.03. The first-order chi connectivity index (χ1) is 8.52. The Morgan fingerprint density at radius 3 is 2.67 bits per heavy atom. The summed E-state index contributed by atoms with van der Waals surface area (Å²) in [6, 6.07) is 5.15. The summed E-state index contributed by atoms with van der Waals surface area (Å²) in [5.41, 5.74) is -0.469. The molecule has 92 valence electrons.